The Morgan fingerprint density at radius 2 is 1.84 bits per heavy atom. The van der Waals surface area contributed by atoms with E-state index in [0.29, 0.717) is 12.4 Å². The summed E-state index contributed by atoms with van der Waals surface area (Å²) in [5.41, 5.74) is 0.158. The molecule has 1 saturated carbocycles. The lowest BCUT2D eigenvalue weighted by Gasteiger charge is -2.32. The summed E-state index contributed by atoms with van der Waals surface area (Å²) in [7, 11) is 1.68. The highest BCUT2D eigenvalue weighted by molar-refractivity contribution is 5.81. The fraction of sp³-hybridized carbons (Fsp3) is 0.556. The van der Waals surface area contributed by atoms with Crippen LogP contribution >= 0.6 is 0 Å². The molecule has 2 aliphatic rings. The Labute approximate surface area is 146 Å². The Kier molecular flexibility index (Phi) is 5.20. The number of nitrogens with one attached hydrogen (secondary N) is 2. The van der Waals surface area contributed by atoms with E-state index < -0.39 is 11.6 Å². The molecule has 25 heavy (non-hydrogen) atoms. The summed E-state index contributed by atoms with van der Waals surface area (Å²) >= 11 is 0. The fourth-order valence-electron chi connectivity index (χ4n) is 3.42. The maximum atomic E-state index is 13.9. The van der Waals surface area contributed by atoms with Crippen LogP contribution in [0.1, 0.15) is 37.7 Å². The minimum Gasteiger partial charge on any atom is -0.354 e. The SMILES string of the molecule is CN=C(NC1CCN(C(C)=O)CC1)NC1CC1c1c(F)cccc1F. The van der Waals surface area contributed by atoms with E-state index in [4.69, 9.17) is 0 Å². The van der Waals surface area contributed by atoms with E-state index >= 15 is 0 Å². The number of benzene rings is 1. The molecule has 7 heteroatoms. The third kappa shape index (κ3) is 4.08. The van der Waals surface area contributed by atoms with Crippen molar-refractivity contribution in [2.24, 2.45) is 4.99 Å². The molecule has 1 aliphatic heterocycles. The number of piperidine rings is 1. The smallest absolute Gasteiger partial charge is 0.219 e. The van der Waals surface area contributed by atoms with Gasteiger partial charge in [-0.15, -0.1) is 0 Å². The Morgan fingerprint density at radius 3 is 2.40 bits per heavy atom. The summed E-state index contributed by atoms with van der Waals surface area (Å²) in [5.74, 6) is -0.402. The Hall–Kier alpha value is -2.18. The monoisotopic (exact) mass is 350 g/mol. The predicted octanol–water partition coefficient (Wildman–Crippen LogP) is 2.00. The van der Waals surface area contributed by atoms with Gasteiger partial charge in [-0.3, -0.25) is 9.79 Å². The van der Waals surface area contributed by atoms with Crippen molar-refractivity contribution in [2.45, 2.75) is 44.2 Å². The quantitative estimate of drug-likeness (QED) is 0.648. The van der Waals surface area contributed by atoms with Gasteiger partial charge in [0.25, 0.3) is 0 Å². The molecule has 0 aromatic heterocycles. The minimum absolute atomic E-state index is 0.0186. The summed E-state index contributed by atoms with van der Waals surface area (Å²) in [6.45, 7) is 3.05. The molecule has 1 aliphatic carbocycles. The number of amides is 1. The molecule has 3 rings (SSSR count). The Balaban J connectivity index is 1.52. The topological polar surface area (TPSA) is 56.7 Å². The molecule has 1 aromatic carbocycles. The second-order valence-corrected chi connectivity index (χ2v) is 6.73. The molecule has 2 N–H and O–H groups in total. The van der Waals surface area contributed by atoms with E-state index in [1.807, 2.05) is 4.90 Å². The normalized spacial score (nSPS) is 24.2. The number of rotatable bonds is 3. The predicted molar refractivity (Wildman–Crippen MR) is 92.4 cm³/mol. The van der Waals surface area contributed by atoms with Crippen molar-refractivity contribution in [2.75, 3.05) is 20.1 Å². The van der Waals surface area contributed by atoms with Gasteiger partial charge < -0.3 is 15.5 Å². The molecule has 0 radical (unpaired) electrons. The molecule has 5 nitrogen and oxygen atoms in total. The molecule has 0 spiro atoms. The van der Waals surface area contributed by atoms with Crippen molar-refractivity contribution in [3.8, 4) is 0 Å². The van der Waals surface area contributed by atoms with Gasteiger partial charge in [0, 0.05) is 50.6 Å². The van der Waals surface area contributed by atoms with Crippen molar-refractivity contribution in [1.82, 2.24) is 15.5 Å². The van der Waals surface area contributed by atoms with Crippen LogP contribution in [-0.4, -0.2) is 49.0 Å². The largest absolute Gasteiger partial charge is 0.354 e. The van der Waals surface area contributed by atoms with Gasteiger partial charge in [0.1, 0.15) is 11.6 Å². The summed E-state index contributed by atoms with van der Waals surface area (Å²) in [6, 6.07) is 4.19. The van der Waals surface area contributed by atoms with Crippen molar-refractivity contribution < 1.29 is 13.6 Å². The molecular weight excluding hydrogens is 326 g/mol. The number of nitrogens with zero attached hydrogens (tertiary/aromatic N) is 2. The van der Waals surface area contributed by atoms with Crippen LogP contribution in [0.5, 0.6) is 0 Å². The van der Waals surface area contributed by atoms with Crippen molar-refractivity contribution in [3.05, 3.63) is 35.4 Å². The van der Waals surface area contributed by atoms with Gasteiger partial charge >= 0.3 is 0 Å². The van der Waals surface area contributed by atoms with Crippen molar-refractivity contribution in [1.29, 1.82) is 0 Å². The van der Waals surface area contributed by atoms with E-state index in [9.17, 15) is 13.6 Å². The fourth-order valence-corrected chi connectivity index (χ4v) is 3.42. The number of hydrogen-bond donors (Lipinski definition) is 2. The summed E-state index contributed by atoms with van der Waals surface area (Å²) in [4.78, 5) is 17.4. The maximum Gasteiger partial charge on any atom is 0.219 e. The lowest BCUT2D eigenvalue weighted by molar-refractivity contribution is -0.129. The summed E-state index contributed by atoms with van der Waals surface area (Å²) < 4.78 is 27.7. The number of aliphatic imine (C=N–C) groups is 1. The van der Waals surface area contributed by atoms with Crippen LogP contribution in [0.4, 0.5) is 8.78 Å². The summed E-state index contributed by atoms with van der Waals surface area (Å²) in [5, 5.41) is 6.60. The average molecular weight is 350 g/mol. The maximum absolute atomic E-state index is 13.9. The van der Waals surface area contributed by atoms with E-state index in [1.54, 1.807) is 14.0 Å². The van der Waals surface area contributed by atoms with Crippen LogP contribution in [0.15, 0.2) is 23.2 Å². The first-order valence-electron chi connectivity index (χ1n) is 8.69. The van der Waals surface area contributed by atoms with Gasteiger partial charge in [-0.1, -0.05) is 6.07 Å². The van der Waals surface area contributed by atoms with Gasteiger partial charge in [0.15, 0.2) is 5.96 Å². The molecule has 1 aromatic rings. The number of likely N-dealkylation sites (tertiary alicyclic amines) is 1. The lowest BCUT2D eigenvalue weighted by Crippen LogP contribution is -2.50. The molecule has 2 fully saturated rings. The van der Waals surface area contributed by atoms with Crippen LogP contribution < -0.4 is 10.6 Å². The highest BCUT2D eigenvalue weighted by atomic mass is 19.1. The number of hydrogen-bond acceptors (Lipinski definition) is 2. The molecular formula is C18H24F2N4O. The zero-order valence-corrected chi connectivity index (χ0v) is 14.6. The number of guanidine groups is 1. The van der Waals surface area contributed by atoms with Gasteiger partial charge in [-0.2, -0.15) is 0 Å². The standard InChI is InChI=1S/C18H24F2N4O/c1-11(25)24-8-6-12(7-9-24)22-18(21-2)23-16-10-13(16)17-14(19)4-3-5-15(17)20/h3-5,12-13,16H,6-10H2,1-2H3,(H2,21,22,23). The van der Waals surface area contributed by atoms with Gasteiger partial charge in [-0.05, 0) is 31.4 Å². The van der Waals surface area contributed by atoms with Crippen LogP contribution in [0.3, 0.4) is 0 Å². The average Bonchev–Trinajstić information content (AvgIpc) is 3.33. The molecule has 136 valence electrons. The third-order valence-electron chi connectivity index (χ3n) is 4.99. The molecule has 0 bridgehead atoms. The highest BCUT2D eigenvalue weighted by Gasteiger charge is 2.42. The van der Waals surface area contributed by atoms with E-state index in [-0.39, 0.29) is 29.5 Å². The summed E-state index contributed by atoms with van der Waals surface area (Å²) in [6.07, 6.45) is 2.40. The second kappa shape index (κ2) is 7.37. The molecule has 1 heterocycles. The molecule has 2 atom stereocenters. The number of carbonyl (C=O) groups excluding carboxylic acids is 1. The van der Waals surface area contributed by atoms with Crippen molar-refractivity contribution >= 4 is 11.9 Å². The zero-order valence-electron chi connectivity index (χ0n) is 14.6. The zero-order chi connectivity index (χ0) is 18.0. The number of halogens is 2. The van der Waals surface area contributed by atoms with E-state index in [2.05, 4.69) is 15.6 Å². The van der Waals surface area contributed by atoms with E-state index in [1.165, 1.54) is 18.2 Å². The van der Waals surface area contributed by atoms with Crippen LogP contribution in [-0.2, 0) is 4.79 Å². The van der Waals surface area contributed by atoms with Crippen LogP contribution in [0, 0.1) is 11.6 Å². The first-order chi connectivity index (χ1) is 12.0. The van der Waals surface area contributed by atoms with Crippen molar-refractivity contribution in [3.63, 3.8) is 0 Å². The molecule has 1 amide bonds. The van der Waals surface area contributed by atoms with Gasteiger partial charge in [0.05, 0.1) is 0 Å². The van der Waals surface area contributed by atoms with Crippen LogP contribution in [0.25, 0.3) is 0 Å². The van der Waals surface area contributed by atoms with Gasteiger partial charge in [-0.25, -0.2) is 8.78 Å². The van der Waals surface area contributed by atoms with Crippen LogP contribution in [0.2, 0.25) is 0 Å². The number of carbonyl (C=O) groups is 1. The third-order valence-corrected chi connectivity index (χ3v) is 4.99. The Bertz CT molecular complexity index is 651. The second-order valence-electron chi connectivity index (χ2n) is 6.73. The first kappa shape index (κ1) is 17.6. The first-order valence-corrected chi connectivity index (χ1v) is 8.69. The Morgan fingerprint density at radius 1 is 1.20 bits per heavy atom. The highest BCUT2D eigenvalue weighted by Crippen LogP contribution is 2.43. The lowest BCUT2D eigenvalue weighted by atomic mass is 10.1. The minimum atomic E-state index is -0.492. The molecule has 2 unspecified atom stereocenters. The molecule has 1 saturated heterocycles. The van der Waals surface area contributed by atoms with E-state index in [0.717, 1.165) is 25.9 Å². The van der Waals surface area contributed by atoms with Gasteiger partial charge in [0.2, 0.25) is 5.91 Å².